The molecule has 6 heteroatoms. The number of benzene rings is 2. The predicted octanol–water partition coefficient (Wildman–Crippen LogP) is 8.48. The van der Waals surface area contributed by atoms with E-state index in [0.29, 0.717) is 23.6 Å². The van der Waals surface area contributed by atoms with Gasteiger partial charge in [0.05, 0.1) is 45.8 Å². The minimum Gasteiger partial charge on any atom is -0.461 e. The molecule has 0 radical (unpaired) electrons. The van der Waals surface area contributed by atoms with Gasteiger partial charge in [0.25, 0.3) is 5.69 Å². The monoisotopic (exact) mass is 669 g/mol. The first-order chi connectivity index (χ1) is 24.3. The number of fused-ring (bicyclic) bond motifs is 4. The molecule has 3 aliphatic carbocycles. The Kier molecular flexibility index (Phi) is 7.93. The van der Waals surface area contributed by atoms with Gasteiger partial charge in [-0.2, -0.15) is 14.4 Å². The van der Waals surface area contributed by atoms with Crippen molar-refractivity contribution in [1.29, 1.82) is 5.26 Å². The normalized spacial score (nSPS) is 24.6. The Morgan fingerprint density at radius 3 is 2.24 bits per heavy atom. The number of methoxy groups -OCH3 is 1. The number of esters is 1. The maximum absolute atomic E-state index is 15.3. The number of Topliss-reactive ketones (excluding diaryl/α,β-unsaturated/α-hetero) is 1. The van der Waals surface area contributed by atoms with Gasteiger partial charge >= 0.3 is 5.97 Å². The van der Waals surface area contributed by atoms with Crippen molar-refractivity contribution in [2.45, 2.75) is 139 Å². The Labute approximate surface area is 296 Å². The fraction of sp³-hybridized carbons (Fsp3) is 0.523. The van der Waals surface area contributed by atoms with E-state index in [-0.39, 0.29) is 16.9 Å². The summed E-state index contributed by atoms with van der Waals surface area (Å²) < 4.78 is 9.82. The first-order valence-electron chi connectivity index (χ1n) is 19.3. The molecule has 2 atom stereocenters. The average molecular weight is 670 g/mol. The van der Waals surface area contributed by atoms with Gasteiger partial charge in [0.15, 0.2) is 23.7 Å². The molecule has 4 aromatic rings. The van der Waals surface area contributed by atoms with Crippen LogP contribution in [0.3, 0.4) is 0 Å². The molecule has 0 amide bonds. The van der Waals surface area contributed by atoms with E-state index in [9.17, 15) is 10.1 Å². The summed E-state index contributed by atoms with van der Waals surface area (Å²) in [5, 5.41) is 13.8. The highest BCUT2D eigenvalue weighted by Crippen LogP contribution is 2.61. The topological polar surface area (TPSA) is 74.9 Å². The SMILES string of the molecule is CCC1(C)c2ccc(C#N)c3ccc4c5c(c[n+](c4c23)C1(CC)CCC[n+]1ccccc1C(=O)OC)C1(CCCCC1)C(=O)C51CCCCC1. The highest BCUT2D eigenvalue weighted by molar-refractivity contribution is 6.14. The zero-order valence-electron chi connectivity index (χ0n) is 30.4. The average Bonchev–Trinajstić information content (AvgIpc) is 3.34. The van der Waals surface area contributed by atoms with Crippen LogP contribution in [0.1, 0.15) is 143 Å². The first-order valence-corrected chi connectivity index (χ1v) is 19.3. The van der Waals surface area contributed by atoms with Crippen LogP contribution in [0.4, 0.5) is 0 Å². The molecule has 2 unspecified atom stereocenters. The highest BCUT2D eigenvalue weighted by atomic mass is 16.5. The first kappa shape index (κ1) is 33.1. The van der Waals surface area contributed by atoms with Crippen molar-refractivity contribution in [3.05, 3.63) is 82.8 Å². The van der Waals surface area contributed by atoms with Crippen LogP contribution in [0.25, 0.3) is 21.7 Å². The van der Waals surface area contributed by atoms with E-state index in [0.717, 1.165) is 82.4 Å². The Hall–Kier alpha value is -4.11. The number of rotatable bonds is 7. The van der Waals surface area contributed by atoms with E-state index in [2.05, 4.69) is 55.8 Å². The van der Waals surface area contributed by atoms with Crippen molar-refractivity contribution >= 4 is 33.4 Å². The fourth-order valence-electron chi connectivity index (χ4n) is 11.7. The minimum absolute atomic E-state index is 0.244. The number of aromatic nitrogens is 2. The molecule has 0 saturated heterocycles. The van der Waals surface area contributed by atoms with Crippen LogP contribution in [0.2, 0.25) is 0 Å². The number of ether oxygens (including phenoxy) is 1. The minimum atomic E-state index is -0.417. The van der Waals surface area contributed by atoms with Gasteiger partial charge in [-0.1, -0.05) is 64.5 Å². The van der Waals surface area contributed by atoms with Crippen LogP contribution in [0.5, 0.6) is 0 Å². The van der Waals surface area contributed by atoms with E-state index in [1.165, 1.54) is 52.9 Å². The van der Waals surface area contributed by atoms with Crippen molar-refractivity contribution in [3.63, 3.8) is 0 Å². The van der Waals surface area contributed by atoms with Crippen molar-refractivity contribution in [2.24, 2.45) is 0 Å². The molecule has 50 heavy (non-hydrogen) atoms. The quantitative estimate of drug-likeness (QED) is 0.112. The lowest BCUT2D eigenvalue weighted by atomic mass is 9.58. The Morgan fingerprint density at radius 1 is 0.880 bits per heavy atom. The van der Waals surface area contributed by atoms with E-state index in [1.54, 1.807) is 0 Å². The number of nitriles is 1. The molecule has 4 aliphatic rings. The summed E-state index contributed by atoms with van der Waals surface area (Å²) in [4.78, 5) is 28.0. The van der Waals surface area contributed by atoms with E-state index in [1.807, 2.05) is 35.0 Å². The van der Waals surface area contributed by atoms with Gasteiger partial charge in [-0.3, -0.25) is 4.79 Å². The summed E-state index contributed by atoms with van der Waals surface area (Å²) in [7, 11) is 1.44. The van der Waals surface area contributed by atoms with Gasteiger partial charge in [0.1, 0.15) is 6.54 Å². The molecule has 1 aliphatic heterocycles. The van der Waals surface area contributed by atoms with Gasteiger partial charge in [-0.05, 0) is 68.4 Å². The van der Waals surface area contributed by atoms with Gasteiger partial charge in [-0.25, -0.2) is 4.79 Å². The summed E-state index contributed by atoms with van der Waals surface area (Å²) in [5.41, 5.74) is 5.08. The summed E-state index contributed by atoms with van der Waals surface area (Å²) in [6, 6.07) is 17.0. The highest BCUT2D eigenvalue weighted by Gasteiger charge is 2.64. The number of nitrogens with zero attached hydrogens (tertiary/aromatic N) is 3. The van der Waals surface area contributed by atoms with Crippen LogP contribution < -0.4 is 9.13 Å². The summed E-state index contributed by atoms with van der Waals surface area (Å²) in [6.45, 7) is 7.79. The van der Waals surface area contributed by atoms with Gasteiger partial charge in [0.2, 0.25) is 5.52 Å². The van der Waals surface area contributed by atoms with Crippen LogP contribution in [0.15, 0.2) is 54.9 Å². The molecule has 6 nitrogen and oxygen atoms in total. The van der Waals surface area contributed by atoms with Gasteiger partial charge in [-0.15, -0.1) is 0 Å². The van der Waals surface area contributed by atoms with Crippen LogP contribution in [0, 0.1) is 11.3 Å². The molecule has 2 aromatic heterocycles. The summed E-state index contributed by atoms with van der Waals surface area (Å²) >= 11 is 0. The summed E-state index contributed by atoms with van der Waals surface area (Å²) in [5.74, 6) is 0.189. The fourth-order valence-corrected chi connectivity index (χ4v) is 11.7. The summed E-state index contributed by atoms with van der Waals surface area (Å²) in [6.07, 6.45) is 18.7. The van der Waals surface area contributed by atoms with E-state index in [4.69, 9.17) is 4.74 Å². The third-order valence-electron chi connectivity index (χ3n) is 14.3. The number of carbonyl (C=O) groups is 2. The molecule has 2 aromatic carbocycles. The molecule has 0 bridgehead atoms. The Balaban J connectivity index is 1.42. The van der Waals surface area contributed by atoms with Crippen LogP contribution in [-0.2, 0) is 37.9 Å². The number of aryl methyl sites for hydroxylation is 1. The van der Waals surface area contributed by atoms with E-state index < -0.39 is 10.8 Å². The molecule has 0 N–H and O–H groups in total. The molecular formula is C44H51N3O3+2. The second-order valence-corrected chi connectivity index (χ2v) is 16.0. The Bertz CT molecular complexity index is 2100. The smallest absolute Gasteiger partial charge is 0.403 e. The second kappa shape index (κ2) is 12.0. The number of pyridine rings is 2. The molecule has 2 fully saturated rings. The van der Waals surface area contributed by atoms with Crippen LogP contribution in [-0.4, -0.2) is 18.9 Å². The van der Waals surface area contributed by atoms with Crippen molar-refractivity contribution < 1.29 is 23.5 Å². The number of ketones is 1. The number of hydrogen-bond acceptors (Lipinski definition) is 4. The van der Waals surface area contributed by atoms with E-state index >= 15 is 4.79 Å². The third kappa shape index (κ3) is 4.19. The second-order valence-electron chi connectivity index (χ2n) is 16.0. The molecule has 258 valence electrons. The maximum Gasteiger partial charge on any atom is 0.403 e. The zero-order chi connectivity index (χ0) is 34.9. The molecular weight excluding hydrogens is 619 g/mol. The Morgan fingerprint density at radius 2 is 1.58 bits per heavy atom. The van der Waals surface area contributed by atoms with Crippen molar-refractivity contribution in [3.8, 4) is 6.07 Å². The standard InChI is InChI=1S/C44H51N3O3/c1-5-41(3)33-20-17-30(28-45)31-18-19-32-37-34(42(21-10-7-11-22-42)40(49)43(37)23-12-8-13-24-43)29-47(38(32)36(31)33)44(41,6-2)25-15-27-46-26-14-9-16-35(46)39(48)50-4/h9,14,16-20,26,29H,5-8,10-13,15,21-25,27H2,1-4H3/q+2. The number of carbonyl (C=O) groups excluding carboxylic acids is 2. The van der Waals surface area contributed by atoms with Crippen molar-refractivity contribution in [2.75, 3.05) is 7.11 Å². The lowest BCUT2D eigenvalue weighted by Gasteiger charge is -2.48. The predicted molar refractivity (Wildman–Crippen MR) is 194 cm³/mol. The molecule has 3 heterocycles. The van der Waals surface area contributed by atoms with Crippen molar-refractivity contribution in [1.82, 2.24) is 0 Å². The largest absolute Gasteiger partial charge is 0.461 e. The zero-order valence-corrected chi connectivity index (χ0v) is 30.4. The van der Waals surface area contributed by atoms with Gasteiger partial charge < -0.3 is 4.74 Å². The molecule has 2 spiro atoms. The third-order valence-corrected chi connectivity index (χ3v) is 14.3. The number of hydrogen-bond donors (Lipinski definition) is 0. The molecule has 8 rings (SSSR count). The lowest BCUT2D eigenvalue weighted by Crippen LogP contribution is -2.68. The van der Waals surface area contributed by atoms with Crippen LogP contribution >= 0.6 is 0 Å². The molecule has 2 saturated carbocycles. The lowest BCUT2D eigenvalue weighted by molar-refractivity contribution is -0.759. The maximum atomic E-state index is 15.3. The van der Waals surface area contributed by atoms with Gasteiger partial charge in [0, 0.05) is 42.3 Å².